The Morgan fingerprint density at radius 1 is 1.20 bits per heavy atom. The topological polar surface area (TPSA) is 46.5 Å². The first-order chi connectivity index (χ1) is 9.65. The highest BCUT2D eigenvalue weighted by Crippen LogP contribution is 2.20. The number of halogens is 1. The Bertz CT molecular complexity index is 635. The lowest BCUT2D eigenvalue weighted by atomic mass is 10.2. The molecule has 20 heavy (non-hydrogen) atoms. The summed E-state index contributed by atoms with van der Waals surface area (Å²) in [5, 5.41) is 8.63. The number of carboxylic acid groups (broad SMARTS) is 1. The third kappa shape index (κ3) is 3.95. The highest BCUT2D eigenvalue weighted by molar-refractivity contribution is 5.85. The van der Waals surface area contributed by atoms with Gasteiger partial charge in [0, 0.05) is 11.6 Å². The van der Waals surface area contributed by atoms with Gasteiger partial charge in [0.1, 0.15) is 18.2 Å². The van der Waals surface area contributed by atoms with Crippen LogP contribution in [0.1, 0.15) is 11.1 Å². The van der Waals surface area contributed by atoms with Crippen LogP contribution < -0.4 is 4.74 Å². The summed E-state index contributed by atoms with van der Waals surface area (Å²) in [5.74, 6) is -0.788. The van der Waals surface area contributed by atoms with Crippen molar-refractivity contribution in [1.82, 2.24) is 0 Å². The van der Waals surface area contributed by atoms with Gasteiger partial charge < -0.3 is 9.84 Å². The van der Waals surface area contributed by atoms with E-state index in [1.165, 1.54) is 18.2 Å². The molecule has 0 bridgehead atoms. The lowest BCUT2D eigenvalue weighted by Crippen LogP contribution is -1.97. The van der Waals surface area contributed by atoms with Gasteiger partial charge in [-0.3, -0.25) is 0 Å². The molecule has 102 valence electrons. The summed E-state index contributed by atoms with van der Waals surface area (Å²) in [5.41, 5.74) is 1.37. The highest BCUT2D eigenvalue weighted by atomic mass is 19.1. The van der Waals surface area contributed by atoms with Gasteiger partial charge in [0.25, 0.3) is 0 Å². The molecule has 0 aromatic heterocycles. The lowest BCUT2D eigenvalue weighted by Gasteiger charge is -2.09. The van der Waals surface area contributed by atoms with Crippen molar-refractivity contribution in [2.75, 3.05) is 0 Å². The zero-order valence-electron chi connectivity index (χ0n) is 10.6. The summed E-state index contributed by atoms with van der Waals surface area (Å²) in [6.07, 6.45) is 2.51. The van der Waals surface area contributed by atoms with Crippen molar-refractivity contribution in [2.24, 2.45) is 0 Å². The van der Waals surface area contributed by atoms with Gasteiger partial charge in [-0.05, 0) is 29.8 Å². The molecule has 0 unspecified atom stereocenters. The molecule has 0 saturated carbocycles. The Morgan fingerprint density at radius 2 is 2.00 bits per heavy atom. The molecule has 0 atom stereocenters. The monoisotopic (exact) mass is 272 g/mol. The van der Waals surface area contributed by atoms with Gasteiger partial charge in [-0.25, -0.2) is 9.18 Å². The zero-order valence-corrected chi connectivity index (χ0v) is 10.6. The van der Waals surface area contributed by atoms with Crippen LogP contribution in [-0.4, -0.2) is 11.1 Å². The fourth-order valence-corrected chi connectivity index (χ4v) is 1.70. The third-order valence-electron chi connectivity index (χ3n) is 2.61. The number of para-hydroxylation sites is 1. The summed E-state index contributed by atoms with van der Waals surface area (Å²) in [6, 6.07) is 13.2. The molecule has 0 heterocycles. The number of rotatable bonds is 5. The first kappa shape index (κ1) is 13.8. The smallest absolute Gasteiger partial charge is 0.328 e. The Balaban J connectivity index is 2.11. The average molecular weight is 272 g/mol. The molecule has 0 aliphatic carbocycles. The third-order valence-corrected chi connectivity index (χ3v) is 2.61. The van der Waals surface area contributed by atoms with Gasteiger partial charge in [-0.15, -0.1) is 0 Å². The van der Waals surface area contributed by atoms with E-state index in [4.69, 9.17) is 9.84 Å². The minimum atomic E-state index is -1.02. The largest absolute Gasteiger partial charge is 0.488 e. The quantitative estimate of drug-likeness (QED) is 0.847. The molecular weight excluding hydrogens is 259 g/mol. The fraction of sp³-hybridized carbons (Fsp3) is 0.0625. The van der Waals surface area contributed by atoms with Gasteiger partial charge in [0.15, 0.2) is 0 Å². The van der Waals surface area contributed by atoms with E-state index < -0.39 is 5.97 Å². The molecule has 0 aliphatic heterocycles. The average Bonchev–Trinajstić information content (AvgIpc) is 2.44. The minimum Gasteiger partial charge on any atom is -0.488 e. The van der Waals surface area contributed by atoms with Crippen molar-refractivity contribution in [3.8, 4) is 5.75 Å². The molecule has 0 spiro atoms. The van der Waals surface area contributed by atoms with Crippen molar-refractivity contribution in [3.05, 3.63) is 71.6 Å². The number of ether oxygens (including phenoxy) is 1. The molecule has 2 aromatic carbocycles. The minimum absolute atomic E-state index is 0.218. The number of hydrogen-bond donors (Lipinski definition) is 1. The predicted octanol–water partition coefficient (Wildman–Crippen LogP) is 3.50. The molecule has 2 rings (SSSR count). The second kappa shape index (κ2) is 6.52. The van der Waals surface area contributed by atoms with Gasteiger partial charge in [-0.1, -0.05) is 30.3 Å². The number of hydrogen-bond acceptors (Lipinski definition) is 2. The van der Waals surface area contributed by atoms with E-state index in [1.807, 2.05) is 0 Å². The van der Waals surface area contributed by atoms with Crippen molar-refractivity contribution < 1.29 is 19.0 Å². The predicted molar refractivity (Wildman–Crippen MR) is 73.8 cm³/mol. The number of aliphatic carboxylic acids is 1. The van der Waals surface area contributed by atoms with E-state index in [0.29, 0.717) is 16.9 Å². The molecule has 4 heteroatoms. The number of benzene rings is 2. The van der Waals surface area contributed by atoms with Crippen LogP contribution >= 0.6 is 0 Å². The van der Waals surface area contributed by atoms with E-state index in [0.717, 1.165) is 6.08 Å². The van der Waals surface area contributed by atoms with Crippen LogP contribution in [0.25, 0.3) is 6.08 Å². The normalized spacial score (nSPS) is 10.7. The maximum atomic E-state index is 13.0. The van der Waals surface area contributed by atoms with Crippen molar-refractivity contribution in [2.45, 2.75) is 6.61 Å². The number of carbonyl (C=O) groups is 1. The number of carboxylic acids is 1. The van der Waals surface area contributed by atoms with Crippen molar-refractivity contribution in [1.29, 1.82) is 0 Å². The lowest BCUT2D eigenvalue weighted by molar-refractivity contribution is -0.131. The second-order valence-corrected chi connectivity index (χ2v) is 4.13. The summed E-state index contributed by atoms with van der Waals surface area (Å²) in [4.78, 5) is 10.5. The summed E-state index contributed by atoms with van der Waals surface area (Å²) < 4.78 is 18.6. The molecule has 1 N–H and O–H groups in total. The zero-order chi connectivity index (χ0) is 14.4. The van der Waals surface area contributed by atoms with E-state index in [-0.39, 0.29) is 12.4 Å². The summed E-state index contributed by atoms with van der Waals surface area (Å²) in [6.45, 7) is 0.218. The maximum Gasteiger partial charge on any atom is 0.328 e. The van der Waals surface area contributed by atoms with Crippen LogP contribution in [0.4, 0.5) is 4.39 Å². The van der Waals surface area contributed by atoms with E-state index in [9.17, 15) is 9.18 Å². The Morgan fingerprint density at radius 3 is 2.75 bits per heavy atom. The highest BCUT2D eigenvalue weighted by Gasteiger charge is 2.02. The Kier molecular flexibility index (Phi) is 4.50. The first-order valence-corrected chi connectivity index (χ1v) is 6.02. The fourth-order valence-electron chi connectivity index (χ4n) is 1.70. The van der Waals surface area contributed by atoms with Crippen LogP contribution in [0.3, 0.4) is 0 Å². The van der Waals surface area contributed by atoms with Crippen LogP contribution in [0.5, 0.6) is 5.75 Å². The molecular formula is C16H13FO3. The van der Waals surface area contributed by atoms with Crippen LogP contribution in [0, 0.1) is 5.82 Å². The summed E-state index contributed by atoms with van der Waals surface area (Å²) in [7, 11) is 0. The van der Waals surface area contributed by atoms with Crippen molar-refractivity contribution >= 4 is 12.0 Å². The molecule has 3 nitrogen and oxygen atoms in total. The van der Waals surface area contributed by atoms with E-state index in [1.54, 1.807) is 36.4 Å². The Labute approximate surface area is 115 Å². The maximum absolute atomic E-state index is 13.0. The van der Waals surface area contributed by atoms with Crippen LogP contribution in [0.2, 0.25) is 0 Å². The van der Waals surface area contributed by atoms with Gasteiger partial charge in [0.05, 0.1) is 0 Å². The second-order valence-electron chi connectivity index (χ2n) is 4.13. The van der Waals surface area contributed by atoms with Crippen molar-refractivity contribution in [3.63, 3.8) is 0 Å². The molecule has 0 amide bonds. The van der Waals surface area contributed by atoms with E-state index >= 15 is 0 Å². The molecule has 0 saturated heterocycles. The van der Waals surface area contributed by atoms with E-state index in [2.05, 4.69) is 0 Å². The van der Waals surface area contributed by atoms with Gasteiger partial charge in [-0.2, -0.15) is 0 Å². The van der Waals surface area contributed by atoms with Gasteiger partial charge >= 0.3 is 5.97 Å². The van der Waals surface area contributed by atoms with Gasteiger partial charge in [0.2, 0.25) is 0 Å². The molecule has 0 aliphatic rings. The molecule has 0 fully saturated rings. The molecule has 0 radical (unpaired) electrons. The standard InChI is InChI=1S/C16H13FO3/c17-14-6-3-4-12(10-14)11-20-15-7-2-1-5-13(15)8-9-16(18)19/h1-10H,11H2,(H,18,19)/b9-8+. The van der Waals surface area contributed by atoms with Crippen LogP contribution in [-0.2, 0) is 11.4 Å². The Hall–Kier alpha value is -2.62. The van der Waals surface area contributed by atoms with Crippen LogP contribution in [0.15, 0.2) is 54.6 Å². The summed E-state index contributed by atoms with van der Waals surface area (Å²) >= 11 is 0. The first-order valence-electron chi connectivity index (χ1n) is 6.02. The SMILES string of the molecule is O=C(O)/C=C/c1ccccc1OCc1cccc(F)c1. The molecule has 2 aromatic rings.